The Labute approximate surface area is 116 Å². The predicted octanol–water partition coefficient (Wildman–Crippen LogP) is 2.03. The highest BCUT2D eigenvalue weighted by Gasteiger charge is 2.09. The number of nitrogens with one attached hydrogen (secondary N) is 1. The molecule has 2 aromatic heterocycles. The van der Waals surface area contributed by atoms with Crippen LogP contribution >= 0.6 is 11.3 Å². The van der Waals surface area contributed by atoms with Crippen LogP contribution in [0.15, 0.2) is 30.7 Å². The number of carbonyl (C=O) groups is 2. The fourth-order valence-corrected chi connectivity index (χ4v) is 1.99. The lowest BCUT2D eigenvalue weighted by molar-refractivity contribution is -0.131. The van der Waals surface area contributed by atoms with Crippen LogP contribution in [-0.2, 0) is 4.79 Å². The van der Waals surface area contributed by atoms with Crippen LogP contribution in [0.4, 0.5) is 9.52 Å². The first-order valence-corrected chi connectivity index (χ1v) is 6.15. The Balaban J connectivity index is 2.07. The van der Waals surface area contributed by atoms with E-state index in [1.54, 1.807) is 0 Å². The Bertz CT molecular complexity index is 684. The summed E-state index contributed by atoms with van der Waals surface area (Å²) in [7, 11) is 0. The van der Waals surface area contributed by atoms with Crippen LogP contribution < -0.4 is 5.32 Å². The molecule has 20 heavy (non-hydrogen) atoms. The van der Waals surface area contributed by atoms with E-state index in [4.69, 9.17) is 5.11 Å². The fourth-order valence-electron chi connectivity index (χ4n) is 1.28. The Kier molecular flexibility index (Phi) is 4.16. The van der Waals surface area contributed by atoms with Gasteiger partial charge in [0.15, 0.2) is 5.13 Å². The highest BCUT2D eigenvalue weighted by molar-refractivity contribution is 7.16. The molecule has 6 nitrogen and oxygen atoms in total. The van der Waals surface area contributed by atoms with Gasteiger partial charge in [-0.1, -0.05) is 11.3 Å². The van der Waals surface area contributed by atoms with E-state index < -0.39 is 17.7 Å². The molecule has 1 amide bonds. The number of carbonyl (C=O) groups excluding carboxylic acids is 1. The molecule has 0 spiro atoms. The molecule has 0 aromatic carbocycles. The Morgan fingerprint density at radius 1 is 1.35 bits per heavy atom. The van der Waals surface area contributed by atoms with E-state index in [0.29, 0.717) is 4.88 Å². The first-order valence-electron chi connectivity index (χ1n) is 5.33. The molecule has 2 heterocycles. The lowest BCUT2D eigenvalue weighted by Gasteiger charge is -2.00. The molecule has 0 atom stereocenters. The Hall–Kier alpha value is -2.61. The van der Waals surface area contributed by atoms with Gasteiger partial charge in [0.2, 0.25) is 0 Å². The van der Waals surface area contributed by atoms with Crippen molar-refractivity contribution in [2.75, 3.05) is 5.32 Å². The molecule has 102 valence electrons. The van der Waals surface area contributed by atoms with E-state index in [0.717, 1.165) is 29.7 Å². The molecule has 8 heteroatoms. The van der Waals surface area contributed by atoms with Crippen molar-refractivity contribution in [3.8, 4) is 0 Å². The molecule has 2 aromatic rings. The topological polar surface area (TPSA) is 92.2 Å². The maximum Gasteiger partial charge on any atom is 0.328 e. The molecule has 0 unspecified atom stereocenters. The maximum atomic E-state index is 12.9. The molecule has 0 saturated heterocycles. The number of aliphatic carboxylic acids is 1. The highest BCUT2D eigenvalue weighted by atomic mass is 32.1. The zero-order valence-corrected chi connectivity index (χ0v) is 10.7. The van der Waals surface area contributed by atoms with Gasteiger partial charge in [0.1, 0.15) is 5.82 Å². The SMILES string of the molecule is O=C(O)/C=C/c1cnc(NC(=O)c2cncc(F)c2)s1. The summed E-state index contributed by atoms with van der Waals surface area (Å²) in [6, 6.07) is 1.06. The number of carboxylic acid groups (broad SMARTS) is 1. The monoisotopic (exact) mass is 293 g/mol. The minimum Gasteiger partial charge on any atom is -0.478 e. The van der Waals surface area contributed by atoms with Crippen LogP contribution in [0.25, 0.3) is 6.08 Å². The van der Waals surface area contributed by atoms with Gasteiger partial charge in [-0.2, -0.15) is 0 Å². The molecule has 2 N–H and O–H groups in total. The minimum absolute atomic E-state index is 0.0721. The van der Waals surface area contributed by atoms with Crippen molar-refractivity contribution in [1.82, 2.24) is 9.97 Å². The first kappa shape index (κ1) is 13.8. The molecule has 0 aliphatic heterocycles. The molecule has 0 fully saturated rings. The normalized spacial score (nSPS) is 10.7. The van der Waals surface area contributed by atoms with Gasteiger partial charge in [-0.15, -0.1) is 0 Å². The van der Waals surface area contributed by atoms with Gasteiger partial charge in [-0.3, -0.25) is 15.1 Å². The summed E-state index contributed by atoms with van der Waals surface area (Å²) in [6.45, 7) is 0. The second-order valence-corrected chi connectivity index (χ2v) is 4.65. The third kappa shape index (κ3) is 3.69. The third-order valence-electron chi connectivity index (χ3n) is 2.10. The van der Waals surface area contributed by atoms with E-state index in [1.165, 1.54) is 18.5 Å². The quantitative estimate of drug-likeness (QED) is 0.841. The number of carboxylic acids is 1. The second-order valence-electron chi connectivity index (χ2n) is 3.59. The number of nitrogens with zero attached hydrogens (tertiary/aromatic N) is 2. The number of rotatable bonds is 4. The van der Waals surface area contributed by atoms with Crippen LogP contribution in [0.1, 0.15) is 15.2 Å². The van der Waals surface area contributed by atoms with Crippen molar-refractivity contribution in [2.24, 2.45) is 0 Å². The van der Waals surface area contributed by atoms with Gasteiger partial charge in [0, 0.05) is 23.3 Å². The smallest absolute Gasteiger partial charge is 0.328 e. The van der Waals surface area contributed by atoms with Crippen LogP contribution in [0.5, 0.6) is 0 Å². The molecule has 0 saturated carbocycles. The molecular formula is C12H8FN3O3S. The summed E-state index contributed by atoms with van der Waals surface area (Å²) in [6.07, 6.45) is 5.98. The zero-order chi connectivity index (χ0) is 14.5. The second kappa shape index (κ2) is 6.02. The van der Waals surface area contributed by atoms with Crippen molar-refractivity contribution >= 4 is 34.4 Å². The van der Waals surface area contributed by atoms with Crippen molar-refractivity contribution in [2.45, 2.75) is 0 Å². The number of amides is 1. The molecule has 0 bridgehead atoms. The first-order chi connectivity index (χ1) is 9.54. The van der Waals surface area contributed by atoms with E-state index >= 15 is 0 Å². The van der Waals surface area contributed by atoms with Crippen molar-refractivity contribution in [3.63, 3.8) is 0 Å². The number of hydrogen-bond acceptors (Lipinski definition) is 5. The number of pyridine rings is 1. The van der Waals surface area contributed by atoms with Crippen molar-refractivity contribution in [3.05, 3.63) is 47.0 Å². The number of halogens is 1. The molecule has 0 aliphatic carbocycles. The zero-order valence-electron chi connectivity index (χ0n) is 9.91. The minimum atomic E-state index is -1.07. The van der Waals surface area contributed by atoms with Crippen LogP contribution in [-0.4, -0.2) is 27.0 Å². The molecular weight excluding hydrogens is 285 g/mol. The summed E-state index contributed by atoms with van der Waals surface area (Å²) < 4.78 is 12.9. The highest BCUT2D eigenvalue weighted by Crippen LogP contribution is 2.20. The lowest BCUT2D eigenvalue weighted by Crippen LogP contribution is -2.12. The maximum absolute atomic E-state index is 12.9. The van der Waals surface area contributed by atoms with E-state index in [1.807, 2.05) is 0 Å². The predicted molar refractivity (Wildman–Crippen MR) is 70.9 cm³/mol. The standard InChI is InChI=1S/C12H8FN3O3S/c13-8-3-7(4-14-5-8)11(19)16-12-15-6-9(20-12)1-2-10(17)18/h1-6H,(H,17,18)(H,15,16,19)/b2-1+. The lowest BCUT2D eigenvalue weighted by atomic mass is 10.3. The molecule has 0 radical (unpaired) electrons. The number of hydrogen-bond donors (Lipinski definition) is 2. The van der Waals surface area contributed by atoms with Gasteiger partial charge in [0.25, 0.3) is 5.91 Å². The van der Waals surface area contributed by atoms with E-state index in [-0.39, 0.29) is 10.7 Å². The summed E-state index contributed by atoms with van der Waals surface area (Å²) in [5, 5.41) is 11.2. The largest absolute Gasteiger partial charge is 0.478 e. The van der Waals surface area contributed by atoms with Crippen molar-refractivity contribution < 1.29 is 19.1 Å². The Morgan fingerprint density at radius 3 is 2.85 bits per heavy atom. The van der Waals surface area contributed by atoms with Gasteiger partial charge < -0.3 is 5.11 Å². The van der Waals surface area contributed by atoms with E-state index in [2.05, 4.69) is 15.3 Å². The van der Waals surface area contributed by atoms with Crippen LogP contribution in [0.3, 0.4) is 0 Å². The van der Waals surface area contributed by atoms with Gasteiger partial charge in [-0.05, 0) is 12.1 Å². The molecule has 0 aliphatic rings. The molecule has 2 rings (SSSR count). The van der Waals surface area contributed by atoms with Gasteiger partial charge in [-0.25, -0.2) is 14.2 Å². The van der Waals surface area contributed by atoms with Gasteiger partial charge in [0.05, 0.1) is 11.8 Å². The van der Waals surface area contributed by atoms with E-state index in [9.17, 15) is 14.0 Å². The number of anilines is 1. The Morgan fingerprint density at radius 2 is 2.15 bits per heavy atom. The average Bonchev–Trinajstić information content (AvgIpc) is 2.84. The summed E-state index contributed by atoms with van der Waals surface area (Å²) >= 11 is 1.09. The number of thiazole rings is 1. The van der Waals surface area contributed by atoms with Crippen LogP contribution in [0, 0.1) is 5.82 Å². The number of aromatic nitrogens is 2. The fraction of sp³-hybridized carbons (Fsp3) is 0. The van der Waals surface area contributed by atoms with Crippen LogP contribution in [0.2, 0.25) is 0 Å². The summed E-state index contributed by atoms with van der Waals surface area (Å²) in [5.41, 5.74) is 0.0721. The third-order valence-corrected chi connectivity index (χ3v) is 2.98. The summed E-state index contributed by atoms with van der Waals surface area (Å²) in [5.74, 6) is -2.23. The average molecular weight is 293 g/mol. The van der Waals surface area contributed by atoms with Gasteiger partial charge >= 0.3 is 5.97 Å². The summed E-state index contributed by atoms with van der Waals surface area (Å²) in [4.78, 5) is 30.2. The van der Waals surface area contributed by atoms with Crippen molar-refractivity contribution in [1.29, 1.82) is 0 Å².